The number of furan rings is 1. The van der Waals surface area contributed by atoms with Gasteiger partial charge in [-0.2, -0.15) is 0 Å². The molecule has 0 bridgehead atoms. The molecule has 3 aliphatic rings. The van der Waals surface area contributed by atoms with Gasteiger partial charge in [-0.05, 0) is 49.3 Å². The molecule has 3 unspecified atom stereocenters. The number of carboxylic acids is 1. The van der Waals surface area contributed by atoms with Crippen molar-refractivity contribution in [3.8, 4) is 0 Å². The minimum Gasteiger partial charge on any atom is -0.478 e. The zero-order valence-electron chi connectivity index (χ0n) is 15.5. The highest BCUT2D eigenvalue weighted by molar-refractivity contribution is 8.26. The minimum atomic E-state index is -1.04. The van der Waals surface area contributed by atoms with Gasteiger partial charge in [-0.1, -0.05) is 49.7 Å². The maximum atomic E-state index is 13.0. The maximum Gasteiger partial charge on any atom is 0.328 e. The Kier molecular flexibility index (Phi) is 5.73. The van der Waals surface area contributed by atoms with Crippen molar-refractivity contribution in [3.63, 3.8) is 0 Å². The van der Waals surface area contributed by atoms with Crippen molar-refractivity contribution in [1.82, 2.24) is 4.90 Å². The van der Waals surface area contributed by atoms with Crippen LogP contribution in [0.4, 0.5) is 0 Å². The first-order valence-corrected chi connectivity index (χ1v) is 11.0. The highest BCUT2D eigenvalue weighted by atomic mass is 32.2. The fraction of sp³-hybridized carbons (Fsp3) is 0.476. The first-order valence-electron chi connectivity index (χ1n) is 9.79. The third kappa shape index (κ3) is 4.10. The van der Waals surface area contributed by atoms with Crippen molar-refractivity contribution in [2.75, 3.05) is 0 Å². The quantitative estimate of drug-likeness (QED) is 0.553. The van der Waals surface area contributed by atoms with Crippen LogP contribution in [0.1, 0.15) is 56.5 Å². The molecule has 1 saturated heterocycles. The van der Waals surface area contributed by atoms with Gasteiger partial charge in [0.25, 0.3) is 5.91 Å². The molecule has 4 rings (SSSR count). The van der Waals surface area contributed by atoms with Crippen LogP contribution in [0.25, 0.3) is 12.2 Å². The summed E-state index contributed by atoms with van der Waals surface area (Å²) >= 11 is 6.86. The molecular formula is C21H23NO4S2. The average Bonchev–Trinajstić information content (AvgIpc) is 3.24. The number of thioether (sulfide) groups is 1. The number of hydrogen-bond acceptors (Lipinski definition) is 5. The molecule has 0 aromatic carbocycles. The Balaban J connectivity index is 1.46. The van der Waals surface area contributed by atoms with E-state index >= 15 is 0 Å². The van der Waals surface area contributed by atoms with Gasteiger partial charge in [-0.15, -0.1) is 0 Å². The Morgan fingerprint density at radius 2 is 1.93 bits per heavy atom. The molecule has 1 N–H and O–H groups in total. The molecule has 2 heterocycles. The van der Waals surface area contributed by atoms with Crippen LogP contribution >= 0.6 is 24.0 Å². The smallest absolute Gasteiger partial charge is 0.328 e. The molecule has 1 aromatic heterocycles. The van der Waals surface area contributed by atoms with Crippen molar-refractivity contribution >= 4 is 52.3 Å². The molecule has 3 atom stereocenters. The van der Waals surface area contributed by atoms with Crippen LogP contribution in [0.3, 0.4) is 0 Å². The number of thiocarbonyl (C=S) groups is 1. The number of aliphatic carboxylic acids is 1. The summed E-state index contributed by atoms with van der Waals surface area (Å²) in [5.74, 6) is 1.44. The van der Waals surface area contributed by atoms with Crippen molar-refractivity contribution in [2.45, 2.75) is 51.0 Å². The zero-order valence-corrected chi connectivity index (χ0v) is 17.1. The lowest BCUT2D eigenvalue weighted by Crippen LogP contribution is -2.44. The second-order valence-electron chi connectivity index (χ2n) is 7.73. The largest absolute Gasteiger partial charge is 0.478 e. The summed E-state index contributed by atoms with van der Waals surface area (Å²) in [6.07, 6.45) is 12.7. The highest BCUT2D eigenvalue weighted by Gasteiger charge is 2.41. The van der Waals surface area contributed by atoms with E-state index in [0.29, 0.717) is 20.7 Å². The Morgan fingerprint density at radius 1 is 1.18 bits per heavy atom. The Morgan fingerprint density at radius 3 is 2.71 bits per heavy atom. The second-order valence-corrected chi connectivity index (χ2v) is 9.41. The third-order valence-electron chi connectivity index (χ3n) is 6.01. The van der Waals surface area contributed by atoms with Crippen molar-refractivity contribution in [3.05, 3.63) is 34.6 Å². The standard InChI is InChI=1S/C21H23NO4S2/c23-19(24)10-9-16-7-8-17(26-16)12-18-20(25)22(21(27)28-18)15-6-5-13-3-1-2-4-14(13)11-15/h7-10,12-15H,1-6,11H2,(H,23,24)/b10-9+,18-12-. The van der Waals surface area contributed by atoms with Crippen molar-refractivity contribution < 1.29 is 19.1 Å². The predicted octanol–water partition coefficient (Wildman–Crippen LogP) is 4.94. The molecule has 2 saturated carbocycles. The number of carbonyl (C=O) groups excluding carboxylic acids is 1. The van der Waals surface area contributed by atoms with E-state index in [1.165, 1.54) is 49.9 Å². The van der Waals surface area contributed by atoms with Crippen LogP contribution in [0.5, 0.6) is 0 Å². The number of amides is 1. The van der Waals surface area contributed by atoms with Crippen LogP contribution < -0.4 is 0 Å². The van der Waals surface area contributed by atoms with E-state index in [9.17, 15) is 9.59 Å². The molecule has 0 spiro atoms. The lowest BCUT2D eigenvalue weighted by Gasteiger charge is -2.41. The van der Waals surface area contributed by atoms with Gasteiger partial charge < -0.3 is 9.52 Å². The van der Waals surface area contributed by atoms with Crippen LogP contribution in [0.15, 0.2) is 27.5 Å². The SMILES string of the molecule is O=C(O)/C=C/c1ccc(/C=C2\SC(=S)N(C3CCC4CCCCC4C3)C2=O)o1. The number of fused-ring (bicyclic) bond motifs is 1. The summed E-state index contributed by atoms with van der Waals surface area (Å²) in [6, 6.07) is 3.61. The summed E-state index contributed by atoms with van der Waals surface area (Å²) in [4.78, 5) is 26.0. The Labute approximate surface area is 173 Å². The molecule has 3 fully saturated rings. The number of carbonyl (C=O) groups is 2. The predicted molar refractivity (Wildman–Crippen MR) is 113 cm³/mol. The second kappa shape index (κ2) is 8.25. The topological polar surface area (TPSA) is 70.8 Å². The number of carboxylic acid groups (broad SMARTS) is 1. The molecule has 28 heavy (non-hydrogen) atoms. The number of hydrogen-bond donors (Lipinski definition) is 1. The van der Waals surface area contributed by atoms with Crippen LogP contribution in [0.2, 0.25) is 0 Å². The minimum absolute atomic E-state index is 0.0340. The summed E-state index contributed by atoms with van der Waals surface area (Å²) in [5, 5.41) is 8.69. The maximum absolute atomic E-state index is 13.0. The normalized spacial score (nSPS) is 29.6. The molecular weight excluding hydrogens is 394 g/mol. The highest BCUT2D eigenvalue weighted by Crippen LogP contribution is 2.44. The van der Waals surface area contributed by atoms with E-state index < -0.39 is 5.97 Å². The van der Waals surface area contributed by atoms with E-state index in [1.54, 1.807) is 18.2 Å². The van der Waals surface area contributed by atoms with Gasteiger partial charge in [0.15, 0.2) is 0 Å². The lowest BCUT2D eigenvalue weighted by molar-refractivity contribution is -0.131. The third-order valence-corrected chi connectivity index (χ3v) is 7.34. The van der Waals surface area contributed by atoms with E-state index in [1.807, 2.05) is 4.90 Å². The van der Waals surface area contributed by atoms with E-state index in [0.717, 1.165) is 30.8 Å². The summed E-state index contributed by atoms with van der Waals surface area (Å²) < 4.78 is 6.21. The zero-order chi connectivity index (χ0) is 19.7. The fourth-order valence-electron chi connectivity index (χ4n) is 4.70. The molecule has 0 radical (unpaired) electrons. The first-order chi connectivity index (χ1) is 13.5. The van der Waals surface area contributed by atoms with Gasteiger partial charge in [0.05, 0.1) is 4.91 Å². The van der Waals surface area contributed by atoms with Gasteiger partial charge >= 0.3 is 5.97 Å². The summed E-state index contributed by atoms with van der Waals surface area (Å²) in [6.45, 7) is 0. The van der Waals surface area contributed by atoms with Gasteiger partial charge in [-0.25, -0.2) is 4.79 Å². The average molecular weight is 418 g/mol. The molecule has 1 aliphatic heterocycles. The van der Waals surface area contributed by atoms with Crippen LogP contribution in [-0.4, -0.2) is 32.2 Å². The van der Waals surface area contributed by atoms with Crippen LogP contribution in [-0.2, 0) is 9.59 Å². The van der Waals surface area contributed by atoms with Gasteiger partial charge in [0.1, 0.15) is 15.8 Å². The number of nitrogens with zero attached hydrogens (tertiary/aromatic N) is 1. The fourth-order valence-corrected chi connectivity index (χ4v) is 6.08. The molecule has 7 heteroatoms. The monoisotopic (exact) mass is 417 g/mol. The van der Waals surface area contributed by atoms with Crippen molar-refractivity contribution in [2.24, 2.45) is 11.8 Å². The van der Waals surface area contributed by atoms with E-state index in [-0.39, 0.29) is 11.9 Å². The lowest BCUT2D eigenvalue weighted by atomic mass is 9.69. The van der Waals surface area contributed by atoms with Gasteiger partial charge in [0, 0.05) is 18.2 Å². The van der Waals surface area contributed by atoms with E-state index in [2.05, 4.69) is 0 Å². The van der Waals surface area contributed by atoms with Gasteiger partial charge in [-0.3, -0.25) is 9.69 Å². The van der Waals surface area contributed by atoms with E-state index in [4.69, 9.17) is 21.7 Å². The summed E-state index contributed by atoms with van der Waals surface area (Å²) in [5.41, 5.74) is 0. The Bertz CT molecular complexity index is 856. The molecule has 148 valence electrons. The van der Waals surface area contributed by atoms with Crippen molar-refractivity contribution in [1.29, 1.82) is 0 Å². The number of rotatable bonds is 4. The van der Waals surface area contributed by atoms with Crippen LogP contribution in [0, 0.1) is 11.8 Å². The first kappa shape index (κ1) is 19.5. The summed E-state index contributed by atoms with van der Waals surface area (Å²) in [7, 11) is 0. The molecule has 2 aliphatic carbocycles. The molecule has 1 aromatic rings. The Hall–Kier alpha value is -1.86. The van der Waals surface area contributed by atoms with Gasteiger partial charge in [0.2, 0.25) is 0 Å². The molecule has 1 amide bonds. The molecule has 5 nitrogen and oxygen atoms in total.